The number of nitrogens with zero attached hydrogens (tertiary/aromatic N) is 2. The number of amides is 1. The quantitative estimate of drug-likeness (QED) is 0.144. The van der Waals surface area contributed by atoms with E-state index in [0.29, 0.717) is 16.3 Å². The molecule has 194 valence electrons. The van der Waals surface area contributed by atoms with E-state index in [9.17, 15) is 9.18 Å². The third-order valence-corrected chi connectivity index (χ3v) is 6.61. The lowest BCUT2D eigenvalue weighted by Gasteiger charge is -2.06. The fourth-order valence-corrected chi connectivity index (χ4v) is 4.45. The monoisotopic (exact) mass is 556 g/mol. The average molecular weight is 557 g/mol. The van der Waals surface area contributed by atoms with E-state index >= 15 is 0 Å². The van der Waals surface area contributed by atoms with Gasteiger partial charge in [-0.25, -0.2) is 14.8 Å². The summed E-state index contributed by atoms with van der Waals surface area (Å²) in [4.78, 5) is 17.1. The molecule has 4 aromatic carbocycles. The maximum Gasteiger partial charge on any atom is 0.271 e. The van der Waals surface area contributed by atoms with Crippen LogP contribution in [0, 0.1) is 5.82 Å². The smallest absolute Gasteiger partial charge is 0.271 e. The molecule has 1 heterocycles. The molecule has 5 aromatic rings. The summed E-state index contributed by atoms with van der Waals surface area (Å²) in [6.45, 7) is 0.268. The summed E-state index contributed by atoms with van der Waals surface area (Å²) >= 11 is 7.43. The minimum absolute atomic E-state index is 0.268. The van der Waals surface area contributed by atoms with Gasteiger partial charge in [-0.15, -0.1) is 11.3 Å². The first-order chi connectivity index (χ1) is 19.0. The van der Waals surface area contributed by atoms with Gasteiger partial charge in [0.2, 0.25) is 0 Å². The molecule has 0 aliphatic rings. The molecule has 0 aliphatic heterocycles. The fraction of sp³-hybridized carbons (Fsp3) is 0.0333. The molecule has 39 heavy (non-hydrogen) atoms. The molecule has 6 nitrogen and oxygen atoms in total. The predicted molar refractivity (Wildman–Crippen MR) is 155 cm³/mol. The van der Waals surface area contributed by atoms with Crippen molar-refractivity contribution in [1.29, 1.82) is 0 Å². The Labute approximate surface area is 233 Å². The van der Waals surface area contributed by atoms with E-state index in [2.05, 4.69) is 20.8 Å². The Bertz CT molecular complexity index is 1590. The molecule has 0 fully saturated rings. The summed E-state index contributed by atoms with van der Waals surface area (Å²) in [5.41, 5.74) is 7.16. The van der Waals surface area contributed by atoms with Gasteiger partial charge in [0, 0.05) is 27.2 Å². The second-order valence-electron chi connectivity index (χ2n) is 8.43. The summed E-state index contributed by atoms with van der Waals surface area (Å²) < 4.78 is 19.0. The van der Waals surface area contributed by atoms with Crippen LogP contribution in [0.25, 0.3) is 11.3 Å². The molecule has 1 amide bonds. The van der Waals surface area contributed by atoms with Crippen LogP contribution in [-0.2, 0) is 6.61 Å². The maximum absolute atomic E-state index is 13.3. The van der Waals surface area contributed by atoms with E-state index in [-0.39, 0.29) is 18.3 Å². The molecule has 1 aromatic heterocycles. The van der Waals surface area contributed by atoms with Crippen LogP contribution in [0.2, 0.25) is 5.02 Å². The molecule has 5 rings (SSSR count). The van der Waals surface area contributed by atoms with Crippen molar-refractivity contribution in [2.45, 2.75) is 6.61 Å². The Kier molecular flexibility index (Phi) is 8.26. The van der Waals surface area contributed by atoms with Crippen LogP contribution in [0.3, 0.4) is 0 Å². The van der Waals surface area contributed by atoms with E-state index in [1.807, 2.05) is 53.9 Å². The first kappa shape index (κ1) is 26.1. The van der Waals surface area contributed by atoms with Gasteiger partial charge < -0.3 is 10.1 Å². The van der Waals surface area contributed by atoms with Crippen molar-refractivity contribution < 1.29 is 13.9 Å². The summed E-state index contributed by atoms with van der Waals surface area (Å²) in [6.07, 6.45) is 1.55. The van der Waals surface area contributed by atoms with Crippen molar-refractivity contribution in [2.75, 3.05) is 5.32 Å². The fourth-order valence-electron chi connectivity index (χ4n) is 3.59. The molecule has 2 N–H and O–H groups in total. The van der Waals surface area contributed by atoms with E-state index in [1.165, 1.54) is 23.5 Å². The number of ether oxygens (including phenoxy) is 1. The highest BCUT2D eigenvalue weighted by Crippen LogP contribution is 2.28. The van der Waals surface area contributed by atoms with Crippen LogP contribution >= 0.6 is 22.9 Å². The second kappa shape index (κ2) is 12.3. The lowest BCUT2D eigenvalue weighted by Crippen LogP contribution is -2.17. The van der Waals surface area contributed by atoms with Gasteiger partial charge in [-0.3, -0.25) is 4.79 Å². The number of hydrogen-bond donors (Lipinski definition) is 2. The highest BCUT2D eigenvalue weighted by atomic mass is 35.5. The zero-order chi connectivity index (χ0) is 27.0. The summed E-state index contributed by atoms with van der Waals surface area (Å²) in [5, 5.41) is 10.7. The van der Waals surface area contributed by atoms with Crippen LogP contribution in [0.4, 0.5) is 15.2 Å². The van der Waals surface area contributed by atoms with Gasteiger partial charge in [0.05, 0.1) is 11.9 Å². The van der Waals surface area contributed by atoms with Gasteiger partial charge in [-0.05, 0) is 83.9 Å². The first-order valence-corrected chi connectivity index (χ1v) is 13.2. The molecule has 9 heteroatoms. The standard InChI is InChI=1S/C30H22ClFN4O2S/c31-24-10-12-26(13-11-24)34-30-35-28(19-39-30)22-6-8-23(9-7-22)29(37)36-33-17-20-4-14-27(15-5-20)38-18-21-2-1-3-25(32)16-21/h1-17,19H,18H2,(H,34,35)(H,36,37)/b33-17-. The molecule has 0 radical (unpaired) electrons. The van der Waals surface area contributed by atoms with Gasteiger partial charge in [-0.1, -0.05) is 35.9 Å². The van der Waals surface area contributed by atoms with Gasteiger partial charge in [0.25, 0.3) is 5.91 Å². The lowest BCUT2D eigenvalue weighted by molar-refractivity contribution is 0.0955. The zero-order valence-corrected chi connectivity index (χ0v) is 22.0. The van der Waals surface area contributed by atoms with Crippen molar-refractivity contribution in [3.8, 4) is 17.0 Å². The predicted octanol–water partition coefficient (Wildman–Crippen LogP) is 7.69. The highest BCUT2D eigenvalue weighted by Gasteiger charge is 2.08. The van der Waals surface area contributed by atoms with Crippen molar-refractivity contribution in [3.05, 3.63) is 130 Å². The maximum atomic E-state index is 13.3. The molecule has 0 aliphatic carbocycles. The van der Waals surface area contributed by atoms with E-state index in [1.54, 1.807) is 42.6 Å². The van der Waals surface area contributed by atoms with E-state index in [4.69, 9.17) is 16.3 Å². The molecule has 0 bridgehead atoms. The number of nitrogens with one attached hydrogen (secondary N) is 2. The van der Waals surface area contributed by atoms with Crippen molar-refractivity contribution in [1.82, 2.24) is 10.4 Å². The number of benzene rings is 4. The third-order valence-electron chi connectivity index (χ3n) is 5.60. The Morgan fingerprint density at radius 3 is 2.51 bits per heavy atom. The third kappa shape index (κ3) is 7.28. The van der Waals surface area contributed by atoms with E-state index < -0.39 is 0 Å². The molecule has 0 spiro atoms. The van der Waals surface area contributed by atoms with Crippen molar-refractivity contribution in [2.24, 2.45) is 5.10 Å². The highest BCUT2D eigenvalue weighted by molar-refractivity contribution is 7.14. The first-order valence-electron chi connectivity index (χ1n) is 11.9. The summed E-state index contributed by atoms with van der Waals surface area (Å²) in [7, 11) is 0. The number of carbonyl (C=O) groups is 1. The minimum Gasteiger partial charge on any atom is -0.489 e. The number of aromatic nitrogens is 1. The van der Waals surface area contributed by atoms with Gasteiger partial charge in [-0.2, -0.15) is 5.10 Å². The van der Waals surface area contributed by atoms with Gasteiger partial charge >= 0.3 is 0 Å². The molecular formula is C30H22ClFN4O2S. The van der Waals surface area contributed by atoms with Crippen molar-refractivity contribution in [3.63, 3.8) is 0 Å². The Morgan fingerprint density at radius 2 is 1.77 bits per heavy atom. The minimum atomic E-state index is -0.323. The van der Waals surface area contributed by atoms with Gasteiger partial charge in [0.1, 0.15) is 18.2 Å². The second-order valence-corrected chi connectivity index (χ2v) is 9.73. The number of hydrogen-bond acceptors (Lipinski definition) is 6. The Hall–Kier alpha value is -4.53. The van der Waals surface area contributed by atoms with Crippen molar-refractivity contribution >= 4 is 45.9 Å². The summed E-state index contributed by atoms with van der Waals surface area (Å²) in [5.74, 6) is 0.0298. The Balaban J connectivity index is 1.12. The van der Waals surface area contributed by atoms with Crippen LogP contribution in [-0.4, -0.2) is 17.1 Å². The normalized spacial score (nSPS) is 10.9. The van der Waals surface area contributed by atoms with Crippen LogP contribution in [0.1, 0.15) is 21.5 Å². The topological polar surface area (TPSA) is 75.6 Å². The summed E-state index contributed by atoms with van der Waals surface area (Å²) in [6, 6.07) is 28.1. The molecule has 0 saturated carbocycles. The molecule has 0 atom stereocenters. The number of carbonyl (C=O) groups excluding carboxylic acids is 1. The average Bonchev–Trinajstić information content (AvgIpc) is 3.42. The molecule has 0 saturated heterocycles. The molecule has 0 unspecified atom stereocenters. The largest absolute Gasteiger partial charge is 0.489 e. The molecular weight excluding hydrogens is 535 g/mol. The number of thiazole rings is 1. The van der Waals surface area contributed by atoms with Crippen LogP contribution in [0.5, 0.6) is 5.75 Å². The zero-order valence-electron chi connectivity index (χ0n) is 20.5. The van der Waals surface area contributed by atoms with Crippen LogP contribution in [0.15, 0.2) is 108 Å². The SMILES string of the molecule is O=C(N/N=C\c1ccc(OCc2cccc(F)c2)cc1)c1ccc(-c2csc(Nc3ccc(Cl)cc3)n2)cc1. The van der Waals surface area contributed by atoms with Gasteiger partial charge in [0.15, 0.2) is 5.13 Å². The van der Waals surface area contributed by atoms with E-state index in [0.717, 1.165) is 33.2 Å². The number of rotatable bonds is 9. The van der Waals surface area contributed by atoms with Crippen LogP contribution < -0.4 is 15.5 Å². The lowest BCUT2D eigenvalue weighted by atomic mass is 10.1. The Morgan fingerprint density at radius 1 is 1.00 bits per heavy atom. The number of anilines is 2. The number of halogens is 2. The number of hydrazone groups is 1.